The number of rotatable bonds is 9. The van der Waals surface area contributed by atoms with Gasteiger partial charge in [0.05, 0.1) is 11.9 Å². The van der Waals surface area contributed by atoms with Crippen molar-refractivity contribution in [3.05, 3.63) is 12.2 Å². The molecular weight excluding hydrogens is 375 g/mol. The molecule has 0 saturated heterocycles. The molecule has 21 heavy (non-hydrogen) atoms. The molecule has 0 atom stereocenters. The van der Waals surface area contributed by atoms with Crippen LogP contribution in [0.2, 0.25) is 8.87 Å². The van der Waals surface area contributed by atoms with Crippen LogP contribution in [-0.2, 0) is 9.59 Å². The first-order chi connectivity index (χ1) is 9.95. The van der Waals surface area contributed by atoms with Gasteiger partial charge >= 0.3 is 69.5 Å². The van der Waals surface area contributed by atoms with Crippen LogP contribution in [0, 0.1) is 0 Å². The van der Waals surface area contributed by atoms with Crippen LogP contribution in [0.25, 0.3) is 0 Å². The first kappa shape index (κ1) is 25.4. The Morgan fingerprint density at radius 2 is 1.10 bits per heavy atom. The fourth-order valence-corrected chi connectivity index (χ4v) is 5.02. The smallest absolute Gasteiger partial charge is 0.0643 e. The predicted octanol–water partition coefficient (Wildman–Crippen LogP) is 1.98. The molecule has 0 aliphatic heterocycles. The molecule has 122 valence electrons. The Morgan fingerprint density at radius 1 is 0.762 bits per heavy atom. The molecule has 0 fully saturated rings. The molecular formula is C16H30O4Sn. The van der Waals surface area contributed by atoms with E-state index in [0.717, 1.165) is 0 Å². The Morgan fingerprint density at radius 3 is 1.29 bits per heavy atom. The van der Waals surface area contributed by atoms with Gasteiger partial charge in [0.25, 0.3) is 0 Å². The second-order valence-corrected chi connectivity index (χ2v) is 8.71. The number of hydrogen-bond donors (Lipinski definition) is 0. The minimum absolute atomic E-state index is 0.149. The van der Waals surface area contributed by atoms with Gasteiger partial charge < -0.3 is 19.8 Å². The number of carboxylic acids is 2. The third kappa shape index (κ3) is 45.2. The van der Waals surface area contributed by atoms with E-state index in [1.54, 1.807) is 8.87 Å². The second-order valence-electron chi connectivity index (χ2n) is 4.43. The topological polar surface area (TPSA) is 80.3 Å². The molecule has 0 bridgehead atoms. The summed E-state index contributed by atoms with van der Waals surface area (Å²) in [7, 11) is 0. The van der Waals surface area contributed by atoms with E-state index < -0.39 is 11.9 Å². The van der Waals surface area contributed by atoms with Gasteiger partial charge in [0.2, 0.25) is 0 Å². The van der Waals surface area contributed by atoms with Crippen molar-refractivity contribution in [2.75, 3.05) is 0 Å². The van der Waals surface area contributed by atoms with E-state index in [0.29, 0.717) is 12.2 Å². The summed E-state index contributed by atoms with van der Waals surface area (Å²) in [5, 5.41) is 18.8. The van der Waals surface area contributed by atoms with Crippen molar-refractivity contribution in [2.24, 2.45) is 0 Å². The van der Waals surface area contributed by atoms with Gasteiger partial charge in [-0.25, -0.2) is 0 Å². The van der Waals surface area contributed by atoms with Gasteiger partial charge in [-0.05, 0) is 12.2 Å². The summed E-state index contributed by atoms with van der Waals surface area (Å²) in [6.07, 6.45) is 9.25. The Hall–Kier alpha value is -0.521. The van der Waals surface area contributed by atoms with E-state index in [-0.39, 0.29) is 21.1 Å². The molecule has 0 N–H and O–H groups in total. The number of carboxylic acid groups (broad SMARTS) is 2. The van der Waals surface area contributed by atoms with Crippen LogP contribution in [0.1, 0.15) is 66.2 Å². The maximum Gasteiger partial charge on any atom is 0.0643 e. The minimum atomic E-state index is -1.55. The molecule has 0 aromatic heterocycles. The molecule has 0 aromatic rings. The molecule has 0 saturated carbocycles. The number of hydrogen-bond acceptors (Lipinski definition) is 4. The summed E-state index contributed by atoms with van der Waals surface area (Å²) in [5.41, 5.74) is 0. The Labute approximate surface area is 140 Å². The minimum Gasteiger partial charge on any atom is -0.545 e. The normalized spacial score (nSPS) is 8.95. The molecule has 5 heteroatoms. The molecule has 0 heterocycles. The van der Waals surface area contributed by atoms with E-state index >= 15 is 0 Å². The first-order valence-corrected chi connectivity index (χ1v) is 11.8. The molecule has 0 aliphatic carbocycles. The molecule has 4 nitrogen and oxygen atoms in total. The van der Waals surface area contributed by atoms with Gasteiger partial charge in [0, 0.05) is 0 Å². The van der Waals surface area contributed by atoms with Crippen LogP contribution >= 0.6 is 0 Å². The summed E-state index contributed by atoms with van der Waals surface area (Å²) < 4.78 is 3.25. The Kier molecular flexibility index (Phi) is 29.7. The summed E-state index contributed by atoms with van der Waals surface area (Å²) in [4.78, 5) is 18.8. The first-order valence-electron chi connectivity index (χ1n) is 7.76. The van der Waals surface area contributed by atoms with E-state index in [2.05, 4.69) is 27.7 Å². The predicted molar refractivity (Wildman–Crippen MR) is 84.9 cm³/mol. The van der Waals surface area contributed by atoms with Gasteiger partial charge in [0.1, 0.15) is 0 Å². The summed E-state index contributed by atoms with van der Waals surface area (Å²) in [6.45, 7) is 8.94. The summed E-state index contributed by atoms with van der Waals surface area (Å²) >= 11 is 0.149. The zero-order chi connectivity index (χ0) is 16.9. The maximum atomic E-state index is 9.41. The van der Waals surface area contributed by atoms with E-state index in [1.807, 2.05) is 0 Å². The van der Waals surface area contributed by atoms with E-state index in [1.165, 1.54) is 38.5 Å². The van der Waals surface area contributed by atoms with Gasteiger partial charge in [-0.1, -0.05) is 26.7 Å². The zero-order valence-electron chi connectivity index (χ0n) is 13.9. The molecule has 0 rings (SSSR count). The van der Waals surface area contributed by atoms with Crippen LogP contribution in [-0.4, -0.2) is 33.1 Å². The third-order valence-corrected chi connectivity index (χ3v) is 6.31. The van der Waals surface area contributed by atoms with Crippen LogP contribution in [0.5, 0.6) is 0 Å². The summed E-state index contributed by atoms with van der Waals surface area (Å²) in [5.74, 6) is -3.09. The van der Waals surface area contributed by atoms with Crippen molar-refractivity contribution in [1.82, 2.24) is 0 Å². The van der Waals surface area contributed by atoms with Gasteiger partial charge in [-0.2, -0.15) is 0 Å². The van der Waals surface area contributed by atoms with Crippen molar-refractivity contribution in [3.8, 4) is 0 Å². The Bertz CT molecular complexity index is 229. The monoisotopic (exact) mass is 406 g/mol. The van der Waals surface area contributed by atoms with Crippen molar-refractivity contribution in [2.45, 2.75) is 75.1 Å². The van der Waals surface area contributed by atoms with E-state index in [4.69, 9.17) is 0 Å². The Balaban J connectivity index is -0.000000249. The largest absolute Gasteiger partial charge is 0.545 e. The quantitative estimate of drug-likeness (QED) is 0.334. The fourth-order valence-electron chi connectivity index (χ4n) is 0.865. The molecule has 0 radical (unpaired) electrons. The van der Waals surface area contributed by atoms with Crippen LogP contribution in [0.3, 0.4) is 0 Å². The fraction of sp³-hybridized carbons (Fsp3) is 0.750. The second kappa shape index (κ2) is 24.5. The zero-order valence-corrected chi connectivity index (χ0v) is 16.8. The molecule has 0 spiro atoms. The summed E-state index contributed by atoms with van der Waals surface area (Å²) in [6, 6.07) is 0. The van der Waals surface area contributed by atoms with Crippen molar-refractivity contribution in [1.29, 1.82) is 0 Å². The third-order valence-electron chi connectivity index (χ3n) is 2.27. The van der Waals surface area contributed by atoms with Gasteiger partial charge in [-0.3, -0.25) is 0 Å². The number of aliphatic carboxylic acids is 2. The van der Waals surface area contributed by atoms with Crippen molar-refractivity contribution >= 4 is 33.1 Å². The average Bonchev–Trinajstić information content (AvgIpc) is 2.46. The van der Waals surface area contributed by atoms with Crippen LogP contribution in [0.4, 0.5) is 0 Å². The van der Waals surface area contributed by atoms with Gasteiger partial charge in [-0.15, -0.1) is 0 Å². The SMILES string of the molecule is CCCC.CCC[CH2][Sn+2][CH2]CCC.O=C([O-])/C=C\C(=O)[O-]. The number of unbranched alkanes of at least 4 members (excludes halogenated alkanes) is 3. The van der Waals surface area contributed by atoms with Crippen LogP contribution < -0.4 is 10.2 Å². The molecule has 0 unspecified atom stereocenters. The van der Waals surface area contributed by atoms with Gasteiger partial charge in [0.15, 0.2) is 0 Å². The molecule has 0 amide bonds. The van der Waals surface area contributed by atoms with Crippen LogP contribution in [0.15, 0.2) is 12.2 Å². The molecule has 0 aromatic carbocycles. The van der Waals surface area contributed by atoms with Crippen molar-refractivity contribution < 1.29 is 19.8 Å². The maximum absolute atomic E-state index is 9.41. The number of carbonyl (C=O) groups is 2. The average molecular weight is 405 g/mol. The van der Waals surface area contributed by atoms with E-state index in [9.17, 15) is 19.8 Å². The standard InChI is InChI=1S/C4H4O4.C4H10.2C4H9.Sn/c5-3(6)1-2-4(7)8;3*1-3-4-2;/h1-2H,(H,5,6)(H,7,8);3-4H2,1-2H3;2*1,3-4H2,2H3;/q;;;;+2/p-2/b2-1-;;;;. The number of carbonyl (C=O) groups excluding carboxylic acids is 2. The molecule has 0 aliphatic rings. The van der Waals surface area contributed by atoms with Crippen molar-refractivity contribution in [3.63, 3.8) is 0 Å².